The number of benzene rings is 1. The van der Waals surface area contributed by atoms with E-state index in [1.165, 1.54) is 19.3 Å². The Morgan fingerprint density at radius 2 is 1.91 bits per heavy atom. The summed E-state index contributed by atoms with van der Waals surface area (Å²) in [5.41, 5.74) is 1.44. The van der Waals surface area contributed by atoms with Crippen LogP contribution in [0.5, 0.6) is 5.75 Å². The van der Waals surface area contributed by atoms with Gasteiger partial charge in [0.25, 0.3) is 5.91 Å². The second-order valence-electron chi connectivity index (χ2n) is 8.40. The summed E-state index contributed by atoms with van der Waals surface area (Å²) in [4.78, 5) is 24.6. The van der Waals surface area contributed by atoms with E-state index in [1.54, 1.807) is 23.9 Å². The summed E-state index contributed by atoms with van der Waals surface area (Å²) in [7, 11) is 0. The van der Waals surface area contributed by atoms with Gasteiger partial charge in [-0.3, -0.25) is 4.79 Å². The molecule has 4 rings (SSSR count). The summed E-state index contributed by atoms with van der Waals surface area (Å²) in [5.74, 6) is 2.58. The van der Waals surface area contributed by atoms with Crippen LogP contribution in [0.4, 0.5) is 5.82 Å². The summed E-state index contributed by atoms with van der Waals surface area (Å²) in [6, 6.07) is 7.29. The molecule has 3 heterocycles. The Bertz CT molecular complexity index is 1080. The number of hydrogen-bond donors (Lipinski definition) is 1. The van der Waals surface area contributed by atoms with Crippen molar-refractivity contribution in [3.05, 3.63) is 36.0 Å². The van der Waals surface area contributed by atoms with Gasteiger partial charge in [0.2, 0.25) is 0 Å². The first-order valence-electron chi connectivity index (χ1n) is 12.3. The minimum Gasteiger partial charge on any atom is -0.494 e. The quantitative estimate of drug-likeness (QED) is 0.244. The topological polar surface area (TPSA) is 85.2 Å². The van der Waals surface area contributed by atoms with Crippen molar-refractivity contribution in [2.24, 2.45) is 0 Å². The van der Waals surface area contributed by atoms with Crippen LogP contribution in [0.25, 0.3) is 11.0 Å². The first-order chi connectivity index (χ1) is 16.7. The number of ether oxygens (including phenoxy) is 1. The van der Waals surface area contributed by atoms with Crippen molar-refractivity contribution in [3.63, 3.8) is 0 Å². The number of thioether (sulfide) groups is 1. The Morgan fingerprint density at radius 3 is 2.65 bits per heavy atom. The van der Waals surface area contributed by atoms with Crippen LogP contribution in [0.1, 0.15) is 56.3 Å². The fourth-order valence-corrected chi connectivity index (χ4v) is 4.60. The molecule has 3 aromatic rings. The molecule has 1 saturated heterocycles. The van der Waals surface area contributed by atoms with Gasteiger partial charge in [-0.15, -0.1) is 0 Å². The molecule has 182 valence electrons. The van der Waals surface area contributed by atoms with E-state index in [-0.39, 0.29) is 5.91 Å². The van der Waals surface area contributed by atoms with Crippen LogP contribution < -0.4 is 15.0 Å². The molecule has 9 heteroatoms. The molecular weight excluding hydrogens is 448 g/mol. The zero-order chi connectivity index (χ0) is 23.8. The highest BCUT2D eigenvalue weighted by Gasteiger charge is 2.20. The van der Waals surface area contributed by atoms with Crippen LogP contribution in [0.2, 0.25) is 0 Å². The number of hydrogen-bond acceptors (Lipinski definition) is 7. The van der Waals surface area contributed by atoms with Gasteiger partial charge in [-0.2, -0.15) is 5.10 Å². The molecule has 0 unspecified atom stereocenters. The van der Waals surface area contributed by atoms with E-state index in [4.69, 9.17) is 14.7 Å². The lowest BCUT2D eigenvalue weighted by Gasteiger charge is -2.28. The Morgan fingerprint density at radius 1 is 1.12 bits per heavy atom. The van der Waals surface area contributed by atoms with E-state index >= 15 is 0 Å². The van der Waals surface area contributed by atoms with Crippen LogP contribution in [0.15, 0.2) is 35.6 Å². The molecule has 0 spiro atoms. The number of fused-ring (bicyclic) bond motifs is 1. The van der Waals surface area contributed by atoms with Gasteiger partial charge in [-0.05, 0) is 55.7 Å². The van der Waals surface area contributed by atoms with E-state index in [9.17, 15) is 4.79 Å². The summed E-state index contributed by atoms with van der Waals surface area (Å²) in [5, 5.41) is 9.33. The van der Waals surface area contributed by atoms with E-state index in [1.807, 2.05) is 23.0 Å². The average molecular weight is 483 g/mol. The molecular formula is C25H34N6O2S. The number of anilines is 1. The third kappa shape index (κ3) is 6.00. The van der Waals surface area contributed by atoms with Gasteiger partial charge < -0.3 is 15.0 Å². The number of nitrogens with zero attached hydrogens (tertiary/aromatic N) is 5. The van der Waals surface area contributed by atoms with E-state index in [0.29, 0.717) is 25.3 Å². The van der Waals surface area contributed by atoms with Crippen molar-refractivity contribution < 1.29 is 9.53 Å². The molecule has 0 saturated carbocycles. The van der Waals surface area contributed by atoms with Gasteiger partial charge >= 0.3 is 0 Å². The second kappa shape index (κ2) is 12.1. The van der Waals surface area contributed by atoms with Gasteiger partial charge in [0.05, 0.1) is 24.7 Å². The number of amides is 1. The monoisotopic (exact) mass is 482 g/mol. The maximum atomic E-state index is 12.6. The first-order valence-corrected chi connectivity index (χ1v) is 13.3. The van der Waals surface area contributed by atoms with E-state index < -0.39 is 0 Å². The number of rotatable bonds is 11. The lowest BCUT2D eigenvalue weighted by Crippen LogP contribution is -2.30. The van der Waals surface area contributed by atoms with Gasteiger partial charge in [-0.1, -0.05) is 32.0 Å². The summed E-state index contributed by atoms with van der Waals surface area (Å²) < 4.78 is 7.54. The largest absolute Gasteiger partial charge is 0.494 e. The second-order valence-corrected chi connectivity index (χ2v) is 9.63. The molecule has 0 atom stereocenters. The molecule has 8 nitrogen and oxygen atoms in total. The van der Waals surface area contributed by atoms with Crippen LogP contribution in [0.3, 0.4) is 0 Å². The molecule has 34 heavy (non-hydrogen) atoms. The average Bonchev–Trinajstić information content (AvgIpc) is 3.27. The van der Waals surface area contributed by atoms with Gasteiger partial charge in [0.1, 0.15) is 11.6 Å². The molecule has 0 aliphatic carbocycles. The predicted molar refractivity (Wildman–Crippen MR) is 137 cm³/mol. The Balaban J connectivity index is 1.41. The van der Waals surface area contributed by atoms with Crippen LogP contribution in [-0.4, -0.2) is 57.6 Å². The third-order valence-electron chi connectivity index (χ3n) is 5.88. The van der Waals surface area contributed by atoms with Gasteiger partial charge in [0.15, 0.2) is 10.8 Å². The number of carbonyl (C=O) groups is 1. The first kappa shape index (κ1) is 24.3. The van der Waals surface area contributed by atoms with Gasteiger partial charge in [-0.25, -0.2) is 14.6 Å². The molecule has 1 fully saturated rings. The SMILES string of the molecule is CCCCOc1ccc(C(=O)NCCn2ncc3c(N4CCCCC4)nc(SCC)nc32)cc1. The third-order valence-corrected chi connectivity index (χ3v) is 6.61. The minimum absolute atomic E-state index is 0.109. The fraction of sp³-hybridized carbons (Fsp3) is 0.520. The highest BCUT2D eigenvalue weighted by Crippen LogP contribution is 2.29. The summed E-state index contributed by atoms with van der Waals surface area (Å²) >= 11 is 1.64. The van der Waals surface area contributed by atoms with Crippen LogP contribution in [-0.2, 0) is 6.54 Å². The minimum atomic E-state index is -0.109. The molecule has 1 aliphatic heterocycles. The summed E-state index contributed by atoms with van der Waals surface area (Å²) in [6.45, 7) is 7.98. The highest BCUT2D eigenvalue weighted by molar-refractivity contribution is 7.99. The van der Waals surface area contributed by atoms with E-state index in [0.717, 1.165) is 59.4 Å². The van der Waals surface area contributed by atoms with Crippen LogP contribution in [0, 0.1) is 0 Å². The molecule has 1 aliphatic rings. The Hall–Kier alpha value is -2.81. The van der Waals surface area contributed by atoms with Crippen molar-refractivity contribution in [1.82, 2.24) is 25.1 Å². The number of nitrogens with one attached hydrogen (secondary N) is 1. The highest BCUT2D eigenvalue weighted by atomic mass is 32.2. The number of unbranched alkanes of at least 4 members (excludes halogenated alkanes) is 1. The van der Waals surface area contributed by atoms with Crippen molar-refractivity contribution >= 4 is 34.5 Å². The van der Waals surface area contributed by atoms with Crippen molar-refractivity contribution in [2.45, 2.75) is 57.7 Å². The maximum Gasteiger partial charge on any atom is 0.251 e. The zero-order valence-electron chi connectivity index (χ0n) is 20.1. The lowest BCUT2D eigenvalue weighted by molar-refractivity contribution is 0.0952. The molecule has 0 radical (unpaired) electrons. The fourth-order valence-electron chi connectivity index (χ4n) is 4.04. The van der Waals surface area contributed by atoms with Crippen molar-refractivity contribution in [3.8, 4) is 5.75 Å². The summed E-state index contributed by atoms with van der Waals surface area (Å²) in [6.07, 6.45) is 7.62. The molecule has 1 amide bonds. The Kier molecular flexibility index (Phi) is 8.62. The number of carbonyl (C=O) groups excluding carboxylic acids is 1. The normalized spacial score (nSPS) is 13.9. The number of piperidine rings is 1. The zero-order valence-corrected chi connectivity index (χ0v) is 20.9. The molecule has 2 aromatic heterocycles. The lowest BCUT2D eigenvalue weighted by atomic mass is 10.1. The molecule has 0 bridgehead atoms. The number of aromatic nitrogens is 4. The van der Waals surface area contributed by atoms with E-state index in [2.05, 4.69) is 29.2 Å². The standard InChI is InChI=1S/C25H34N6O2S/c1-3-5-17-33-20-11-9-19(10-12-20)24(32)26-13-16-31-23-21(18-27-31)22(28-25(29-23)34-4-2)30-14-7-6-8-15-30/h9-12,18H,3-8,13-17H2,1-2H3,(H,26,32). The van der Waals surface area contributed by atoms with Gasteiger partial charge in [0, 0.05) is 25.2 Å². The maximum absolute atomic E-state index is 12.6. The molecule has 1 N–H and O–H groups in total. The smallest absolute Gasteiger partial charge is 0.251 e. The van der Waals surface area contributed by atoms with Crippen molar-refractivity contribution in [2.75, 3.05) is 36.9 Å². The van der Waals surface area contributed by atoms with Crippen LogP contribution >= 0.6 is 11.8 Å². The van der Waals surface area contributed by atoms with Crippen molar-refractivity contribution in [1.29, 1.82) is 0 Å². The predicted octanol–water partition coefficient (Wildman–Crippen LogP) is 4.54. The molecule has 1 aromatic carbocycles. The Labute approximate surface area is 205 Å².